The highest BCUT2D eigenvalue weighted by molar-refractivity contribution is 6.09. The van der Waals surface area contributed by atoms with E-state index >= 15 is 0 Å². The van der Waals surface area contributed by atoms with Gasteiger partial charge in [-0.2, -0.15) is 0 Å². The average Bonchev–Trinajstić information content (AvgIpc) is 2.46. The molecule has 4 nitrogen and oxygen atoms in total. The first-order valence-electron chi connectivity index (χ1n) is 6.84. The zero-order chi connectivity index (χ0) is 14.5. The Balaban J connectivity index is 2.50. The first-order chi connectivity index (χ1) is 9.67. The Labute approximate surface area is 119 Å². The Morgan fingerprint density at radius 1 is 1.35 bits per heavy atom. The molecule has 0 aliphatic carbocycles. The lowest BCUT2D eigenvalue weighted by Gasteiger charge is -2.15. The van der Waals surface area contributed by atoms with Crippen LogP contribution >= 0.6 is 0 Å². The van der Waals surface area contributed by atoms with E-state index in [2.05, 4.69) is 11.9 Å². The summed E-state index contributed by atoms with van der Waals surface area (Å²) in [5.41, 5.74) is 1.11. The first kappa shape index (κ1) is 14.7. The number of hydrogen-bond acceptors (Lipinski definition) is 3. The first-order valence-corrected chi connectivity index (χ1v) is 6.84. The highest BCUT2D eigenvalue weighted by Gasteiger charge is 2.13. The summed E-state index contributed by atoms with van der Waals surface area (Å²) in [6.45, 7) is 2.69. The summed E-state index contributed by atoms with van der Waals surface area (Å²) in [5.74, 6) is 0.624. The minimum Gasteiger partial charge on any atom is -0.491 e. The van der Waals surface area contributed by atoms with E-state index in [4.69, 9.17) is 12.6 Å². The highest BCUT2D eigenvalue weighted by atomic mass is 16.5. The Morgan fingerprint density at radius 3 is 2.85 bits per heavy atom. The van der Waals surface area contributed by atoms with Gasteiger partial charge in [0, 0.05) is 11.5 Å². The van der Waals surface area contributed by atoms with Crippen LogP contribution in [0.2, 0.25) is 6.32 Å². The Kier molecular flexibility index (Phi) is 4.85. The molecule has 1 atom stereocenters. The molecule has 1 aromatic heterocycles. The normalized spacial score (nSPS) is 12.5. The number of aromatic amines is 1. The summed E-state index contributed by atoms with van der Waals surface area (Å²) in [6, 6.07) is 6.68. The van der Waals surface area contributed by atoms with Crippen LogP contribution in [0.4, 0.5) is 0 Å². The van der Waals surface area contributed by atoms with Crippen LogP contribution in [0.25, 0.3) is 10.9 Å². The van der Waals surface area contributed by atoms with Gasteiger partial charge in [0.15, 0.2) is 0 Å². The fraction of sp³-hybridized carbons (Fsp3) is 0.400. The summed E-state index contributed by atoms with van der Waals surface area (Å²) in [7, 11) is 5.51. The average molecular weight is 271 g/mol. The van der Waals surface area contributed by atoms with Gasteiger partial charge in [0.2, 0.25) is 5.56 Å². The van der Waals surface area contributed by atoms with E-state index in [1.54, 1.807) is 18.2 Å². The van der Waals surface area contributed by atoms with E-state index < -0.39 is 6.10 Å². The summed E-state index contributed by atoms with van der Waals surface area (Å²) in [5, 5.41) is 10.7. The summed E-state index contributed by atoms with van der Waals surface area (Å²) in [4.78, 5) is 14.3. The van der Waals surface area contributed by atoms with Crippen LogP contribution in [0.15, 0.2) is 29.1 Å². The molecule has 1 heterocycles. The molecule has 0 aliphatic heterocycles. The molecule has 104 valence electrons. The van der Waals surface area contributed by atoms with Gasteiger partial charge in [-0.05, 0) is 24.1 Å². The van der Waals surface area contributed by atoms with Gasteiger partial charge >= 0.3 is 0 Å². The molecule has 0 saturated carbocycles. The Hall–Kier alpha value is -1.75. The van der Waals surface area contributed by atoms with Gasteiger partial charge in [-0.25, -0.2) is 0 Å². The molecule has 0 bridgehead atoms. The maximum absolute atomic E-state index is 11.5. The van der Waals surface area contributed by atoms with Gasteiger partial charge in [-0.1, -0.05) is 25.7 Å². The molecule has 2 rings (SSSR count). The Bertz CT molecular complexity index is 639. The standard InChI is InChI=1S/C15H18BNO3/c1-2-3-8-20-13-6-4-10(12(18)9-16)11-5-7-14(19)17-15(11)13/h4-7,12,18H,2-3,8-9H2,1H3,(H,17,19)/t12-/m0/s1. The molecule has 0 amide bonds. The van der Waals surface area contributed by atoms with Crippen LogP contribution in [0, 0.1) is 0 Å². The van der Waals surface area contributed by atoms with E-state index in [0.717, 1.165) is 18.2 Å². The molecule has 1 aromatic carbocycles. The maximum atomic E-state index is 11.5. The van der Waals surface area contributed by atoms with Crippen LogP contribution in [-0.2, 0) is 0 Å². The molecule has 0 fully saturated rings. The van der Waals surface area contributed by atoms with Crippen LogP contribution in [0.5, 0.6) is 5.75 Å². The van der Waals surface area contributed by atoms with Crippen LogP contribution in [0.1, 0.15) is 31.4 Å². The number of ether oxygens (including phenoxy) is 1. The predicted molar refractivity (Wildman–Crippen MR) is 80.5 cm³/mol. The lowest BCUT2D eigenvalue weighted by Crippen LogP contribution is -2.07. The van der Waals surface area contributed by atoms with Crippen molar-refractivity contribution in [1.29, 1.82) is 0 Å². The van der Waals surface area contributed by atoms with Crippen molar-refractivity contribution < 1.29 is 9.84 Å². The molecule has 0 aliphatic rings. The van der Waals surface area contributed by atoms with Crippen molar-refractivity contribution in [3.63, 3.8) is 0 Å². The van der Waals surface area contributed by atoms with Crippen molar-refractivity contribution in [2.75, 3.05) is 6.61 Å². The van der Waals surface area contributed by atoms with Gasteiger partial charge in [0.05, 0.1) is 26.1 Å². The molecule has 2 aromatic rings. The fourth-order valence-electron chi connectivity index (χ4n) is 2.11. The van der Waals surface area contributed by atoms with E-state index in [-0.39, 0.29) is 11.9 Å². The molecule has 0 spiro atoms. The number of aromatic nitrogens is 1. The number of nitrogens with one attached hydrogen (secondary N) is 1. The minimum atomic E-state index is -0.756. The van der Waals surface area contributed by atoms with Gasteiger partial charge in [-0.3, -0.25) is 4.79 Å². The molecular weight excluding hydrogens is 253 g/mol. The lowest BCUT2D eigenvalue weighted by atomic mass is 9.92. The minimum absolute atomic E-state index is 0.129. The number of hydrogen-bond donors (Lipinski definition) is 2. The van der Waals surface area contributed by atoms with Crippen molar-refractivity contribution in [2.45, 2.75) is 32.2 Å². The van der Waals surface area contributed by atoms with Crippen LogP contribution < -0.4 is 10.3 Å². The van der Waals surface area contributed by atoms with Crippen molar-refractivity contribution in [1.82, 2.24) is 4.98 Å². The van der Waals surface area contributed by atoms with Crippen LogP contribution in [-0.4, -0.2) is 24.5 Å². The Morgan fingerprint density at radius 2 is 2.15 bits per heavy atom. The van der Waals surface area contributed by atoms with Crippen molar-refractivity contribution in [2.24, 2.45) is 0 Å². The summed E-state index contributed by atoms with van der Waals surface area (Å²) in [6.07, 6.45) is 1.36. The third kappa shape index (κ3) is 3.04. The number of H-pyrrole nitrogens is 1. The number of benzene rings is 1. The quantitative estimate of drug-likeness (QED) is 0.626. The second kappa shape index (κ2) is 6.61. The molecule has 2 N–H and O–H groups in total. The van der Waals surface area contributed by atoms with Crippen LogP contribution in [0.3, 0.4) is 0 Å². The SMILES string of the molecule is [B]C[C@H](O)c1ccc(OCCCC)c2[nH]c(=O)ccc12. The third-order valence-corrected chi connectivity index (χ3v) is 3.23. The van der Waals surface area contributed by atoms with Crippen molar-refractivity contribution >= 4 is 18.7 Å². The summed E-state index contributed by atoms with van der Waals surface area (Å²) < 4.78 is 5.70. The van der Waals surface area contributed by atoms with Gasteiger partial charge in [0.1, 0.15) is 5.75 Å². The maximum Gasteiger partial charge on any atom is 0.248 e. The van der Waals surface area contributed by atoms with E-state index in [9.17, 15) is 9.90 Å². The van der Waals surface area contributed by atoms with E-state index in [1.807, 2.05) is 0 Å². The number of aliphatic hydroxyl groups excluding tert-OH is 1. The molecule has 0 saturated heterocycles. The summed E-state index contributed by atoms with van der Waals surface area (Å²) >= 11 is 0. The monoisotopic (exact) mass is 271 g/mol. The second-order valence-corrected chi connectivity index (χ2v) is 4.72. The zero-order valence-corrected chi connectivity index (χ0v) is 11.6. The largest absolute Gasteiger partial charge is 0.491 e. The second-order valence-electron chi connectivity index (χ2n) is 4.72. The topological polar surface area (TPSA) is 62.3 Å². The molecular formula is C15H18BNO3. The van der Waals surface area contributed by atoms with Gasteiger partial charge < -0.3 is 14.8 Å². The smallest absolute Gasteiger partial charge is 0.248 e. The van der Waals surface area contributed by atoms with Gasteiger partial charge in [0.25, 0.3) is 0 Å². The molecule has 0 unspecified atom stereocenters. The molecule has 2 radical (unpaired) electrons. The van der Waals surface area contributed by atoms with Crippen molar-refractivity contribution in [3.05, 3.63) is 40.2 Å². The number of fused-ring (bicyclic) bond motifs is 1. The fourth-order valence-corrected chi connectivity index (χ4v) is 2.11. The van der Waals surface area contributed by atoms with Gasteiger partial charge in [-0.15, -0.1) is 0 Å². The predicted octanol–water partition coefficient (Wildman–Crippen LogP) is 2.33. The third-order valence-electron chi connectivity index (χ3n) is 3.23. The van der Waals surface area contributed by atoms with E-state index in [1.165, 1.54) is 6.07 Å². The number of pyridine rings is 1. The highest BCUT2D eigenvalue weighted by Crippen LogP contribution is 2.30. The number of rotatable bonds is 6. The zero-order valence-electron chi connectivity index (χ0n) is 11.6. The number of aliphatic hydroxyl groups is 1. The van der Waals surface area contributed by atoms with Crippen molar-refractivity contribution in [3.8, 4) is 5.75 Å². The molecule has 5 heteroatoms. The molecule has 20 heavy (non-hydrogen) atoms. The lowest BCUT2D eigenvalue weighted by molar-refractivity contribution is 0.201. The van der Waals surface area contributed by atoms with E-state index in [0.29, 0.717) is 23.4 Å². The number of unbranched alkanes of at least 4 members (excludes halogenated alkanes) is 1.